The van der Waals surface area contributed by atoms with Gasteiger partial charge in [-0.05, 0) is 30.3 Å². The van der Waals surface area contributed by atoms with Crippen LogP contribution in [0.25, 0.3) is 0 Å². The molecular formula is C10H13N3. The molecule has 0 aliphatic heterocycles. The topological polar surface area (TPSA) is 51.3 Å². The largest absolute Gasteiger partial charge is 0.404 e. The van der Waals surface area contributed by atoms with Crippen LogP contribution in [-0.2, 0) is 6.54 Å². The van der Waals surface area contributed by atoms with Crippen molar-refractivity contribution in [1.82, 2.24) is 4.98 Å². The molecule has 0 aromatic carbocycles. The summed E-state index contributed by atoms with van der Waals surface area (Å²) in [4.78, 5) is 8.19. The van der Waals surface area contributed by atoms with Crippen molar-refractivity contribution >= 4 is 6.21 Å². The highest BCUT2D eigenvalue weighted by Gasteiger charge is 1.86. The molecule has 1 aromatic rings. The molecule has 1 aromatic heterocycles. The number of aliphatic imine (C=N–C) groups is 1. The second-order valence-corrected chi connectivity index (χ2v) is 2.74. The number of nitrogens with two attached hydrogens (primary N) is 1. The van der Waals surface area contributed by atoms with Gasteiger partial charge in [-0.3, -0.25) is 9.98 Å². The summed E-state index contributed by atoms with van der Waals surface area (Å²) in [6.45, 7) is 2.56. The van der Waals surface area contributed by atoms with Crippen LogP contribution in [0, 0.1) is 0 Å². The molecule has 13 heavy (non-hydrogen) atoms. The lowest BCUT2D eigenvalue weighted by Gasteiger charge is -1.93. The molecule has 3 heteroatoms. The van der Waals surface area contributed by atoms with Crippen molar-refractivity contribution in [3.8, 4) is 0 Å². The zero-order chi connectivity index (χ0) is 9.52. The van der Waals surface area contributed by atoms with Gasteiger partial charge in [-0.2, -0.15) is 0 Å². The minimum atomic E-state index is 0.652. The Morgan fingerprint density at radius 1 is 1.69 bits per heavy atom. The summed E-state index contributed by atoms with van der Waals surface area (Å²) in [7, 11) is 0. The van der Waals surface area contributed by atoms with Crippen LogP contribution in [0.1, 0.15) is 12.5 Å². The first-order chi connectivity index (χ1) is 6.33. The van der Waals surface area contributed by atoms with Crippen LogP contribution in [0.4, 0.5) is 0 Å². The van der Waals surface area contributed by atoms with Gasteiger partial charge in [0.05, 0.1) is 6.54 Å². The van der Waals surface area contributed by atoms with Crippen LogP contribution >= 0.6 is 0 Å². The fraction of sp³-hybridized carbons (Fsp3) is 0.200. The number of allylic oxidation sites excluding steroid dienone is 1. The monoisotopic (exact) mass is 175 g/mol. The number of hydrogen-bond donors (Lipinski definition) is 1. The Labute approximate surface area is 78.0 Å². The van der Waals surface area contributed by atoms with Crippen LogP contribution < -0.4 is 5.73 Å². The van der Waals surface area contributed by atoms with E-state index in [1.807, 2.05) is 19.1 Å². The van der Waals surface area contributed by atoms with E-state index in [9.17, 15) is 0 Å². The summed E-state index contributed by atoms with van der Waals surface area (Å²) in [6.07, 6.45) is 6.84. The van der Waals surface area contributed by atoms with E-state index in [2.05, 4.69) is 9.98 Å². The minimum Gasteiger partial charge on any atom is -0.404 e. The summed E-state index contributed by atoms with van der Waals surface area (Å²) in [5, 5.41) is 0. The van der Waals surface area contributed by atoms with Crippen LogP contribution in [-0.4, -0.2) is 11.2 Å². The molecule has 1 heterocycles. The summed E-state index contributed by atoms with van der Waals surface area (Å²) >= 11 is 0. The van der Waals surface area contributed by atoms with Gasteiger partial charge in [0.1, 0.15) is 0 Å². The Kier molecular flexibility index (Phi) is 3.70. The Hall–Kier alpha value is -1.64. The normalized spacial score (nSPS) is 12.2. The van der Waals surface area contributed by atoms with Gasteiger partial charge in [0.2, 0.25) is 0 Å². The van der Waals surface area contributed by atoms with Crippen molar-refractivity contribution in [3.05, 3.63) is 41.9 Å². The van der Waals surface area contributed by atoms with E-state index >= 15 is 0 Å². The second kappa shape index (κ2) is 5.09. The molecule has 0 saturated carbocycles. The molecule has 0 unspecified atom stereocenters. The number of hydrogen-bond acceptors (Lipinski definition) is 3. The second-order valence-electron chi connectivity index (χ2n) is 2.74. The fourth-order valence-corrected chi connectivity index (χ4v) is 0.830. The summed E-state index contributed by atoms with van der Waals surface area (Å²) in [5.74, 6) is 0. The SMILES string of the molecule is C/C(C=NCc1cccnc1)=C/N. The van der Waals surface area contributed by atoms with E-state index in [-0.39, 0.29) is 0 Å². The summed E-state index contributed by atoms with van der Waals surface area (Å²) < 4.78 is 0. The number of nitrogens with zero attached hydrogens (tertiary/aromatic N) is 2. The van der Waals surface area contributed by atoms with E-state index in [1.165, 1.54) is 6.20 Å². The molecule has 2 N–H and O–H groups in total. The quantitative estimate of drug-likeness (QED) is 0.708. The van der Waals surface area contributed by atoms with Crippen LogP contribution in [0.5, 0.6) is 0 Å². The van der Waals surface area contributed by atoms with Gasteiger partial charge in [0.15, 0.2) is 0 Å². The molecule has 0 spiro atoms. The molecule has 0 aliphatic rings. The van der Waals surface area contributed by atoms with Crippen LogP contribution in [0.15, 0.2) is 41.3 Å². The molecule has 0 radical (unpaired) electrons. The first-order valence-electron chi connectivity index (χ1n) is 4.10. The standard InChI is InChI=1S/C10H13N3/c1-9(5-11)6-13-8-10-3-2-4-12-7-10/h2-7H,8,11H2,1H3/b9-5-,13-6?. The van der Waals surface area contributed by atoms with Gasteiger partial charge in [0.25, 0.3) is 0 Å². The summed E-state index contributed by atoms with van der Waals surface area (Å²) in [5.41, 5.74) is 7.35. The van der Waals surface area contributed by atoms with Gasteiger partial charge in [-0.1, -0.05) is 6.07 Å². The molecule has 0 aliphatic carbocycles. The van der Waals surface area contributed by atoms with Crippen molar-refractivity contribution in [2.24, 2.45) is 10.7 Å². The third-order valence-electron chi connectivity index (χ3n) is 1.55. The average molecular weight is 175 g/mol. The van der Waals surface area contributed by atoms with E-state index in [0.717, 1.165) is 11.1 Å². The fourth-order valence-electron chi connectivity index (χ4n) is 0.830. The van der Waals surface area contributed by atoms with Crippen molar-refractivity contribution in [2.45, 2.75) is 13.5 Å². The molecule has 68 valence electrons. The highest BCUT2D eigenvalue weighted by molar-refractivity contribution is 5.77. The maximum absolute atomic E-state index is 5.29. The van der Waals surface area contributed by atoms with E-state index < -0.39 is 0 Å². The molecule has 0 atom stereocenters. The maximum atomic E-state index is 5.29. The van der Waals surface area contributed by atoms with Gasteiger partial charge < -0.3 is 5.73 Å². The number of rotatable bonds is 3. The third kappa shape index (κ3) is 3.51. The molecule has 0 bridgehead atoms. The lowest BCUT2D eigenvalue weighted by Crippen LogP contribution is -1.87. The van der Waals surface area contributed by atoms with Crippen molar-refractivity contribution in [1.29, 1.82) is 0 Å². The molecule has 0 saturated heterocycles. The molecular weight excluding hydrogens is 162 g/mol. The zero-order valence-corrected chi connectivity index (χ0v) is 7.64. The lowest BCUT2D eigenvalue weighted by molar-refractivity contribution is 1.05. The predicted octanol–water partition coefficient (Wildman–Crippen LogP) is 1.51. The first-order valence-corrected chi connectivity index (χ1v) is 4.10. The molecule has 0 fully saturated rings. The first kappa shape index (κ1) is 9.45. The zero-order valence-electron chi connectivity index (χ0n) is 7.64. The van der Waals surface area contributed by atoms with Gasteiger partial charge in [-0.25, -0.2) is 0 Å². The van der Waals surface area contributed by atoms with Crippen LogP contribution in [0.2, 0.25) is 0 Å². The molecule has 1 rings (SSSR count). The Bertz CT molecular complexity index is 301. The van der Waals surface area contributed by atoms with E-state index in [0.29, 0.717) is 6.54 Å². The van der Waals surface area contributed by atoms with Crippen LogP contribution in [0.3, 0.4) is 0 Å². The highest BCUT2D eigenvalue weighted by atomic mass is 14.7. The van der Waals surface area contributed by atoms with E-state index in [4.69, 9.17) is 5.73 Å². The van der Waals surface area contributed by atoms with Gasteiger partial charge in [-0.15, -0.1) is 0 Å². The average Bonchev–Trinajstić information content (AvgIpc) is 2.19. The predicted molar refractivity (Wildman–Crippen MR) is 54.4 cm³/mol. The summed E-state index contributed by atoms with van der Waals surface area (Å²) in [6, 6.07) is 3.89. The van der Waals surface area contributed by atoms with Crippen molar-refractivity contribution in [2.75, 3.05) is 0 Å². The maximum Gasteiger partial charge on any atom is 0.0654 e. The molecule has 3 nitrogen and oxygen atoms in total. The smallest absolute Gasteiger partial charge is 0.0654 e. The van der Waals surface area contributed by atoms with E-state index in [1.54, 1.807) is 18.6 Å². The Balaban J connectivity index is 2.48. The highest BCUT2D eigenvalue weighted by Crippen LogP contribution is 1.97. The lowest BCUT2D eigenvalue weighted by atomic mass is 10.3. The van der Waals surface area contributed by atoms with Crippen molar-refractivity contribution < 1.29 is 0 Å². The Morgan fingerprint density at radius 2 is 2.54 bits per heavy atom. The number of aromatic nitrogens is 1. The molecule has 0 amide bonds. The van der Waals surface area contributed by atoms with Gasteiger partial charge in [0, 0.05) is 18.6 Å². The third-order valence-corrected chi connectivity index (χ3v) is 1.55. The van der Waals surface area contributed by atoms with Gasteiger partial charge >= 0.3 is 0 Å². The van der Waals surface area contributed by atoms with Crippen molar-refractivity contribution in [3.63, 3.8) is 0 Å². The minimum absolute atomic E-state index is 0.652. The number of pyridine rings is 1. The Morgan fingerprint density at radius 3 is 3.15 bits per heavy atom.